The molecule has 0 spiro atoms. The second-order valence-corrected chi connectivity index (χ2v) is 6.91. The van der Waals surface area contributed by atoms with Crippen LogP contribution < -0.4 is 5.32 Å². The van der Waals surface area contributed by atoms with E-state index in [1.165, 1.54) is 11.1 Å². The van der Waals surface area contributed by atoms with Gasteiger partial charge in [0, 0.05) is 6.54 Å². The lowest BCUT2D eigenvalue weighted by molar-refractivity contribution is 0.480. The van der Waals surface area contributed by atoms with E-state index in [2.05, 4.69) is 39.6 Å². The van der Waals surface area contributed by atoms with Crippen LogP contribution in [0.15, 0.2) is 42.6 Å². The van der Waals surface area contributed by atoms with Crippen molar-refractivity contribution in [1.29, 1.82) is 0 Å². The van der Waals surface area contributed by atoms with Crippen LogP contribution in [0.2, 0.25) is 4.34 Å². The molecule has 0 radical (unpaired) electrons. The van der Waals surface area contributed by atoms with E-state index >= 15 is 0 Å². The minimum Gasteiger partial charge on any atom is -0.340 e. The number of halogens is 1. The lowest BCUT2D eigenvalue weighted by Gasteiger charge is -2.24. The van der Waals surface area contributed by atoms with Crippen LogP contribution in [0.1, 0.15) is 23.0 Å². The molecule has 3 heterocycles. The number of hydrogen-bond acceptors (Lipinski definition) is 3. The van der Waals surface area contributed by atoms with Gasteiger partial charge in [0.1, 0.15) is 5.82 Å². The van der Waals surface area contributed by atoms with Gasteiger partial charge in [-0.3, -0.25) is 0 Å². The summed E-state index contributed by atoms with van der Waals surface area (Å²) in [5, 5.41) is 3.55. The third kappa shape index (κ3) is 2.50. The zero-order valence-electron chi connectivity index (χ0n) is 11.3. The summed E-state index contributed by atoms with van der Waals surface area (Å²) in [4.78, 5) is 9.09. The summed E-state index contributed by atoms with van der Waals surface area (Å²) < 4.78 is 0.797. The second-order valence-electron chi connectivity index (χ2n) is 5.19. The third-order valence-electron chi connectivity index (χ3n) is 3.85. The van der Waals surface area contributed by atoms with E-state index in [0.717, 1.165) is 33.7 Å². The molecular weight excluding hydrogens is 302 g/mol. The van der Waals surface area contributed by atoms with Crippen molar-refractivity contribution in [3.05, 3.63) is 63.9 Å². The highest BCUT2D eigenvalue weighted by molar-refractivity contribution is 7.19. The first-order valence-corrected chi connectivity index (χ1v) is 8.10. The summed E-state index contributed by atoms with van der Waals surface area (Å²) in [5.74, 6) is 0.990. The Morgan fingerprint density at radius 1 is 1.14 bits per heavy atom. The average Bonchev–Trinajstić information content (AvgIpc) is 3.15. The number of H-pyrrole nitrogens is 1. The van der Waals surface area contributed by atoms with E-state index in [1.54, 1.807) is 11.3 Å². The Labute approximate surface area is 132 Å². The van der Waals surface area contributed by atoms with Crippen molar-refractivity contribution in [3.8, 4) is 10.6 Å². The second kappa shape index (κ2) is 5.30. The van der Waals surface area contributed by atoms with Crippen LogP contribution in [-0.2, 0) is 13.0 Å². The molecule has 0 saturated heterocycles. The number of nitrogens with zero attached hydrogens (tertiary/aromatic N) is 1. The molecule has 0 aliphatic carbocycles. The number of thiophene rings is 1. The SMILES string of the molecule is Clc1ccc(-c2cnc(C3Cc4ccccc4CN3)[nH]2)s1. The molecule has 106 valence electrons. The summed E-state index contributed by atoms with van der Waals surface area (Å²) in [7, 11) is 0. The van der Waals surface area contributed by atoms with E-state index in [1.807, 2.05) is 18.3 Å². The molecule has 4 rings (SSSR count). The van der Waals surface area contributed by atoms with Crippen LogP contribution in [0.4, 0.5) is 0 Å². The van der Waals surface area contributed by atoms with Crippen LogP contribution >= 0.6 is 22.9 Å². The fraction of sp³-hybridized carbons (Fsp3) is 0.188. The number of aromatic nitrogens is 2. The molecule has 5 heteroatoms. The molecule has 0 amide bonds. The Bertz CT molecular complexity index is 777. The summed E-state index contributed by atoms with van der Waals surface area (Å²) >= 11 is 7.56. The van der Waals surface area contributed by atoms with Gasteiger partial charge in [-0.15, -0.1) is 11.3 Å². The molecule has 2 N–H and O–H groups in total. The molecule has 1 aliphatic heterocycles. The number of fused-ring (bicyclic) bond motifs is 1. The quantitative estimate of drug-likeness (QED) is 0.745. The highest BCUT2D eigenvalue weighted by atomic mass is 35.5. The van der Waals surface area contributed by atoms with Crippen LogP contribution in [0.25, 0.3) is 10.6 Å². The van der Waals surface area contributed by atoms with Crippen LogP contribution in [0, 0.1) is 0 Å². The number of imidazole rings is 1. The molecule has 1 atom stereocenters. The molecule has 1 aromatic carbocycles. The minimum absolute atomic E-state index is 0.240. The molecule has 0 saturated carbocycles. The van der Waals surface area contributed by atoms with Gasteiger partial charge in [0.15, 0.2) is 0 Å². The van der Waals surface area contributed by atoms with Crippen molar-refractivity contribution < 1.29 is 0 Å². The largest absolute Gasteiger partial charge is 0.340 e. The smallest absolute Gasteiger partial charge is 0.124 e. The van der Waals surface area contributed by atoms with E-state index in [-0.39, 0.29) is 6.04 Å². The van der Waals surface area contributed by atoms with Crippen LogP contribution in [0.3, 0.4) is 0 Å². The van der Waals surface area contributed by atoms with Gasteiger partial charge in [0.2, 0.25) is 0 Å². The molecule has 3 aromatic rings. The number of rotatable bonds is 2. The minimum atomic E-state index is 0.240. The Morgan fingerprint density at radius 2 is 2.00 bits per heavy atom. The molecule has 21 heavy (non-hydrogen) atoms. The van der Waals surface area contributed by atoms with Gasteiger partial charge in [-0.05, 0) is 29.7 Å². The van der Waals surface area contributed by atoms with Gasteiger partial charge in [-0.25, -0.2) is 4.98 Å². The standard InChI is InChI=1S/C16H14ClN3S/c17-15-6-5-14(21-15)13-9-19-16(20-13)12-7-10-3-1-2-4-11(10)8-18-12/h1-6,9,12,18H,7-8H2,(H,19,20). The zero-order chi connectivity index (χ0) is 14.2. The van der Waals surface area contributed by atoms with Gasteiger partial charge in [0.05, 0.1) is 27.1 Å². The van der Waals surface area contributed by atoms with Crippen LogP contribution in [0.5, 0.6) is 0 Å². The third-order valence-corrected chi connectivity index (χ3v) is 5.11. The monoisotopic (exact) mass is 315 g/mol. The van der Waals surface area contributed by atoms with Crippen molar-refractivity contribution in [3.63, 3.8) is 0 Å². The predicted molar refractivity (Wildman–Crippen MR) is 86.6 cm³/mol. The molecule has 0 fully saturated rings. The molecule has 3 nitrogen and oxygen atoms in total. The van der Waals surface area contributed by atoms with Gasteiger partial charge >= 0.3 is 0 Å². The molecule has 2 aromatic heterocycles. The average molecular weight is 316 g/mol. The summed E-state index contributed by atoms with van der Waals surface area (Å²) in [6.07, 6.45) is 2.86. The highest BCUT2D eigenvalue weighted by Crippen LogP contribution is 2.31. The highest BCUT2D eigenvalue weighted by Gasteiger charge is 2.21. The molecule has 0 bridgehead atoms. The maximum absolute atomic E-state index is 5.99. The predicted octanol–water partition coefficient (Wildman–Crippen LogP) is 4.18. The van der Waals surface area contributed by atoms with Crippen molar-refractivity contribution in [1.82, 2.24) is 15.3 Å². The topological polar surface area (TPSA) is 40.7 Å². The van der Waals surface area contributed by atoms with Gasteiger partial charge in [-0.1, -0.05) is 35.9 Å². The van der Waals surface area contributed by atoms with Gasteiger partial charge in [-0.2, -0.15) is 0 Å². The lowest BCUT2D eigenvalue weighted by Crippen LogP contribution is -2.29. The van der Waals surface area contributed by atoms with E-state index in [0.29, 0.717) is 0 Å². The number of hydrogen-bond donors (Lipinski definition) is 2. The van der Waals surface area contributed by atoms with E-state index in [9.17, 15) is 0 Å². The summed E-state index contributed by atoms with van der Waals surface area (Å²) in [6, 6.07) is 12.7. The molecular formula is C16H14ClN3S. The first-order valence-electron chi connectivity index (χ1n) is 6.90. The normalized spacial score (nSPS) is 17.7. The van der Waals surface area contributed by atoms with Crippen molar-refractivity contribution in [2.45, 2.75) is 19.0 Å². The Kier molecular flexibility index (Phi) is 3.30. The van der Waals surface area contributed by atoms with Crippen molar-refractivity contribution in [2.24, 2.45) is 0 Å². The summed E-state index contributed by atoms with van der Waals surface area (Å²) in [6.45, 7) is 0.891. The molecule has 1 aliphatic rings. The first-order chi connectivity index (χ1) is 10.3. The van der Waals surface area contributed by atoms with Crippen LogP contribution in [-0.4, -0.2) is 9.97 Å². The fourth-order valence-electron chi connectivity index (χ4n) is 2.75. The van der Waals surface area contributed by atoms with Crippen molar-refractivity contribution in [2.75, 3.05) is 0 Å². The number of benzene rings is 1. The Hall–Kier alpha value is -1.62. The number of aromatic amines is 1. The Morgan fingerprint density at radius 3 is 2.81 bits per heavy atom. The maximum Gasteiger partial charge on any atom is 0.124 e. The van der Waals surface area contributed by atoms with Crippen molar-refractivity contribution >= 4 is 22.9 Å². The first kappa shape index (κ1) is 13.1. The van der Waals surface area contributed by atoms with E-state index < -0.39 is 0 Å². The maximum atomic E-state index is 5.99. The molecule has 1 unspecified atom stereocenters. The summed E-state index contributed by atoms with van der Waals surface area (Å²) in [5.41, 5.74) is 3.81. The fourth-order valence-corrected chi connectivity index (χ4v) is 3.75. The zero-order valence-corrected chi connectivity index (χ0v) is 12.8. The lowest BCUT2D eigenvalue weighted by atomic mass is 9.96. The van der Waals surface area contributed by atoms with Gasteiger partial charge < -0.3 is 10.3 Å². The number of nitrogens with one attached hydrogen (secondary N) is 2. The Balaban J connectivity index is 1.60. The van der Waals surface area contributed by atoms with Gasteiger partial charge in [0.25, 0.3) is 0 Å². The van der Waals surface area contributed by atoms with E-state index in [4.69, 9.17) is 11.6 Å².